The van der Waals surface area contributed by atoms with Crippen LogP contribution in [-0.4, -0.2) is 130 Å². The number of nitrogen functional groups attached to an aromatic ring is 2. The summed E-state index contributed by atoms with van der Waals surface area (Å²) in [5.41, 5.74) is 10.7. The molecule has 0 aromatic carbocycles. The molecule has 0 amide bonds. The Morgan fingerprint density at radius 1 is 0.792 bits per heavy atom. The molecular formula is C41H64N12O14P2SSi2. The van der Waals surface area contributed by atoms with Gasteiger partial charge in [0, 0.05) is 0 Å². The number of H-pyrrole nitrogens is 2. The molecule has 0 spiro atoms. The molecule has 2 fully saturated rings. The summed E-state index contributed by atoms with van der Waals surface area (Å²) in [6.45, 7) is 17.4. The molecule has 6 rings (SSSR count). The number of nitrogens with two attached hydrogens (primary N) is 2. The summed E-state index contributed by atoms with van der Waals surface area (Å²) in [7, 11) is -10.3. The molecule has 7 N–H and O–H groups in total. The van der Waals surface area contributed by atoms with Crippen molar-refractivity contribution in [2.75, 3.05) is 44.5 Å². The summed E-state index contributed by atoms with van der Waals surface area (Å²) in [6.07, 6.45) is -6.25. The van der Waals surface area contributed by atoms with Crippen molar-refractivity contribution in [2.24, 2.45) is 0 Å². The van der Waals surface area contributed by atoms with E-state index in [2.05, 4.69) is 36.5 Å². The zero-order valence-corrected chi connectivity index (χ0v) is 46.4. The van der Waals surface area contributed by atoms with Crippen molar-refractivity contribution in [3.8, 4) is 12.1 Å². The second-order valence-corrected chi connectivity index (χ2v) is 34.0. The number of nitriles is 2. The molecule has 72 heavy (non-hydrogen) atoms. The van der Waals surface area contributed by atoms with Crippen LogP contribution in [0.1, 0.15) is 66.8 Å². The number of phosphoric ester groups is 1. The highest BCUT2D eigenvalue weighted by molar-refractivity contribution is 8.07. The van der Waals surface area contributed by atoms with Gasteiger partial charge in [0.1, 0.15) is 36.6 Å². The lowest BCUT2D eigenvalue weighted by Gasteiger charge is -2.41. The van der Waals surface area contributed by atoms with Gasteiger partial charge in [-0.15, -0.1) is 6.58 Å². The minimum atomic E-state index is -4.63. The van der Waals surface area contributed by atoms with Crippen LogP contribution in [0.4, 0.5) is 11.9 Å². The van der Waals surface area contributed by atoms with Crippen molar-refractivity contribution in [2.45, 2.75) is 140 Å². The molecule has 31 heteroatoms. The maximum absolute atomic E-state index is 14.7. The molecule has 0 radical (unpaired) electrons. The van der Waals surface area contributed by atoms with Crippen molar-refractivity contribution in [3.05, 3.63) is 46.0 Å². The van der Waals surface area contributed by atoms with E-state index in [4.69, 9.17) is 68.7 Å². The first-order chi connectivity index (χ1) is 33.6. The molecular weight excluding hydrogens is 1030 g/mol. The molecule has 4 aromatic heterocycles. The van der Waals surface area contributed by atoms with Crippen LogP contribution in [0.3, 0.4) is 0 Å². The van der Waals surface area contributed by atoms with Gasteiger partial charge in [-0.2, -0.15) is 20.5 Å². The highest BCUT2D eigenvalue weighted by Gasteiger charge is 2.57. The fourth-order valence-electron chi connectivity index (χ4n) is 7.15. The number of imidazole rings is 2. The zero-order valence-electron chi connectivity index (χ0n) is 41.8. The van der Waals surface area contributed by atoms with Crippen molar-refractivity contribution in [1.29, 1.82) is 10.5 Å². The molecule has 2 aliphatic rings. The van der Waals surface area contributed by atoms with Crippen LogP contribution >= 0.6 is 14.5 Å². The molecule has 6 heterocycles. The number of hydrogen-bond donors (Lipinski definition) is 5. The first kappa shape index (κ1) is 57.2. The summed E-state index contributed by atoms with van der Waals surface area (Å²) < 4.78 is 82.1. The monoisotopic (exact) mass is 1100 g/mol. The van der Waals surface area contributed by atoms with Crippen LogP contribution in [0.15, 0.2) is 34.9 Å². The van der Waals surface area contributed by atoms with Crippen molar-refractivity contribution in [1.82, 2.24) is 39.0 Å². The van der Waals surface area contributed by atoms with Crippen LogP contribution in [0, 0.1) is 22.7 Å². The number of fused-ring (bicyclic) bond motifs is 2. The van der Waals surface area contributed by atoms with Crippen LogP contribution in [0.5, 0.6) is 0 Å². The summed E-state index contributed by atoms with van der Waals surface area (Å²) in [6, 6.07) is 3.95. The Morgan fingerprint density at radius 2 is 1.25 bits per heavy atom. The minimum Gasteiger partial charge on any atom is -0.407 e. The number of anilines is 2. The number of aliphatic hydroxyl groups excluding tert-OH is 1. The van der Waals surface area contributed by atoms with Gasteiger partial charge in [0.15, 0.2) is 51.4 Å². The van der Waals surface area contributed by atoms with E-state index in [1.165, 1.54) is 27.9 Å². The lowest BCUT2D eigenvalue weighted by Crippen LogP contribution is -2.49. The Morgan fingerprint density at radius 3 is 1.69 bits per heavy atom. The first-order valence-electron chi connectivity index (χ1n) is 22.8. The molecule has 2 aliphatic heterocycles. The fraction of sp³-hybridized carbons (Fsp3) is 0.659. The van der Waals surface area contributed by atoms with Gasteiger partial charge >= 0.3 is 14.5 Å². The number of aliphatic hydroxyl groups is 1. The van der Waals surface area contributed by atoms with Crippen LogP contribution < -0.4 is 22.6 Å². The van der Waals surface area contributed by atoms with Crippen LogP contribution in [0.25, 0.3) is 22.3 Å². The molecule has 10 atom stereocenters. The number of rotatable bonds is 23. The molecule has 396 valence electrons. The van der Waals surface area contributed by atoms with E-state index in [0.29, 0.717) is 0 Å². The summed E-state index contributed by atoms with van der Waals surface area (Å²) in [5, 5.41) is 29.1. The van der Waals surface area contributed by atoms with Gasteiger partial charge in [0.2, 0.25) is 11.9 Å². The van der Waals surface area contributed by atoms with E-state index >= 15 is 0 Å². The summed E-state index contributed by atoms with van der Waals surface area (Å²) in [5.74, 6) is -0.397. The van der Waals surface area contributed by atoms with Crippen LogP contribution in [0.2, 0.25) is 36.3 Å². The molecule has 2 unspecified atom stereocenters. The van der Waals surface area contributed by atoms with E-state index in [0.717, 1.165) is 0 Å². The van der Waals surface area contributed by atoms with Gasteiger partial charge < -0.3 is 43.9 Å². The Kier molecular flexibility index (Phi) is 17.8. The number of nitrogens with zero attached hydrogens (tertiary/aromatic N) is 8. The average Bonchev–Trinajstić information content (AvgIpc) is 4.05. The predicted octanol–water partition coefficient (Wildman–Crippen LogP) is 5.17. The smallest absolute Gasteiger partial charge is 0.407 e. The molecule has 4 aromatic rings. The number of hydrogen-bond acceptors (Lipinski definition) is 23. The maximum Gasteiger partial charge on any atom is 0.475 e. The third-order valence-corrected chi connectivity index (χ3v) is 25.6. The zero-order chi connectivity index (χ0) is 53.2. The standard InChI is InChI=1S/C41H64N12O14P2SSi2/c1-12-17-58-68(57,59-18-13-15-42)64-29-25(63-37(31(29)67-72(10,11)41(5,6)7)53-23-47-27-33(53)49-39(45)51-35(27)56)21-61-69(70,60-19-14-16-43)65-28-24(20-54)62-36(30(28)66-71(8,9)40(2,3)4)52-22-46-26-32(52)48-38(44)50-34(26)55/h12,22-25,28-31,36-37,54H,1,13-14,17-21H2,2-11H3,(H3,44,48,50,55)(H3,45,49,51,56)/t24-,25-,28-,29-,30-,31-,36-,37-,68?,69?/m1/s1. The van der Waals surface area contributed by atoms with E-state index in [-0.39, 0.29) is 71.9 Å². The maximum atomic E-state index is 14.7. The number of ether oxygens (including phenoxy) is 2. The van der Waals surface area contributed by atoms with Gasteiger partial charge in [-0.3, -0.25) is 46.8 Å². The predicted molar refractivity (Wildman–Crippen MR) is 270 cm³/mol. The number of aromatic amines is 2. The second kappa shape index (κ2) is 22.4. The highest BCUT2D eigenvalue weighted by Crippen LogP contribution is 2.58. The SMILES string of the molecule is C=CCOP(=O)(OCCC#N)O[C@H]1[C@@H](O[Si](C)(C)C(C)(C)C)[C@H](n2cnc3c(=O)[nH]c(N)nc32)O[C@@H]1COP(=S)(OCCC#N)O[C@H]1[C@@H](O[Si](C)(C)C(C)(C)C)[C@H](n2cnc3c(=O)[nH]c(N)nc32)O[C@@H]1CO. The lowest BCUT2D eigenvalue weighted by molar-refractivity contribution is -0.0557. The second-order valence-electron chi connectivity index (χ2n) is 19.9. The van der Waals surface area contributed by atoms with Gasteiger partial charge in [-0.05, 0) is 48.1 Å². The molecule has 0 bridgehead atoms. The summed E-state index contributed by atoms with van der Waals surface area (Å²) >= 11 is 6.16. The van der Waals surface area contributed by atoms with Gasteiger partial charge in [-0.25, -0.2) is 14.5 Å². The minimum absolute atomic E-state index is 0.0156. The quantitative estimate of drug-likeness (QED) is 0.0277. The Hall–Kier alpha value is -4.11. The fourth-order valence-corrected chi connectivity index (χ4v) is 13.2. The molecule has 26 nitrogen and oxygen atoms in total. The van der Waals surface area contributed by atoms with Crippen LogP contribution in [-0.2, 0) is 61.8 Å². The third-order valence-electron chi connectivity index (χ3n) is 12.8. The van der Waals surface area contributed by atoms with Gasteiger partial charge in [-0.1, -0.05) is 47.6 Å². The van der Waals surface area contributed by atoms with E-state index in [1.807, 2.05) is 79.9 Å². The number of phosphoric acid groups is 1. The Balaban J connectivity index is 1.46. The van der Waals surface area contributed by atoms with Gasteiger partial charge in [0.25, 0.3) is 11.1 Å². The van der Waals surface area contributed by atoms with Crippen molar-refractivity contribution < 1.29 is 55.1 Å². The van der Waals surface area contributed by atoms with E-state index < -0.39 is 110 Å². The Bertz CT molecular complexity index is 2890. The van der Waals surface area contributed by atoms with E-state index in [9.17, 15) is 29.8 Å². The molecule has 0 saturated carbocycles. The molecule has 0 aliphatic carbocycles. The normalized spacial score (nSPS) is 24.8. The molecule has 2 saturated heterocycles. The summed E-state index contributed by atoms with van der Waals surface area (Å²) in [4.78, 5) is 48.1. The highest BCUT2D eigenvalue weighted by atomic mass is 32.5. The number of nitrogens with one attached hydrogen (secondary N) is 2. The lowest BCUT2D eigenvalue weighted by atomic mass is 10.1. The Labute approximate surface area is 422 Å². The van der Waals surface area contributed by atoms with E-state index in [1.54, 1.807) is 0 Å². The third kappa shape index (κ3) is 12.5. The largest absolute Gasteiger partial charge is 0.475 e. The van der Waals surface area contributed by atoms with Crippen molar-refractivity contribution in [3.63, 3.8) is 0 Å². The van der Waals surface area contributed by atoms with Gasteiger partial charge in [0.05, 0.1) is 70.7 Å². The average molecular weight is 1100 g/mol. The topological polar surface area (TPSA) is 356 Å². The first-order valence-corrected chi connectivity index (χ1v) is 32.7. The number of aromatic nitrogens is 8. The van der Waals surface area contributed by atoms with Crippen molar-refractivity contribution >= 4 is 77.2 Å².